The highest BCUT2D eigenvalue weighted by molar-refractivity contribution is 8.00. The number of H-pyrrole nitrogens is 1. The molecule has 0 unspecified atom stereocenters. The third-order valence-corrected chi connectivity index (χ3v) is 11.1. The van der Waals surface area contributed by atoms with Crippen molar-refractivity contribution in [3.8, 4) is 0 Å². The number of amides is 2. The van der Waals surface area contributed by atoms with Crippen molar-refractivity contribution in [3.05, 3.63) is 78.7 Å². The molecule has 1 aromatic heterocycles. The summed E-state index contributed by atoms with van der Waals surface area (Å²) in [7, 11) is 0. The predicted molar refractivity (Wildman–Crippen MR) is 134 cm³/mol. The van der Waals surface area contributed by atoms with Crippen LogP contribution < -0.4 is 9.77 Å². The molecule has 172 valence electrons. The lowest BCUT2D eigenvalue weighted by atomic mass is 9.68. The van der Waals surface area contributed by atoms with Gasteiger partial charge >= 0.3 is 4.87 Å². The summed E-state index contributed by atoms with van der Waals surface area (Å²) in [6.45, 7) is 0. The number of nitrogens with zero attached hydrogens (tertiary/aromatic N) is 1. The molecule has 2 aliphatic carbocycles. The van der Waals surface area contributed by atoms with Gasteiger partial charge in [0.15, 0.2) is 0 Å². The number of thiazole rings is 1. The second kappa shape index (κ2) is 7.47. The van der Waals surface area contributed by atoms with Gasteiger partial charge < -0.3 is 4.98 Å². The third kappa shape index (κ3) is 2.84. The minimum Gasteiger partial charge on any atom is -0.307 e. The van der Waals surface area contributed by atoms with Crippen LogP contribution in [0.1, 0.15) is 22.8 Å². The fraction of sp³-hybridized carbons (Fsp3) is 0.320. The van der Waals surface area contributed by atoms with Crippen LogP contribution in [0.3, 0.4) is 0 Å². The molecule has 3 aromatic rings. The van der Waals surface area contributed by atoms with Crippen LogP contribution in [-0.4, -0.2) is 22.0 Å². The lowest BCUT2D eigenvalue weighted by molar-refractivity contribution is -0.123. The third-order valence-electron chi connectivity index (χ3n) is 8.04. The molecule has 0 spiro atoms. The first-order valence-electron chi connectivity index (χ1n) is 11.2. The molecule has 9 heteroatoms. The van der Waals surface area contributed by atoms with Crippen molar-refractivity contribution in [2.75, 3.05) is 4.90 Å². The number of anilines is 1. The van der Waals surface area contributed by atoms with Gasteiger partial charge in [-0.15, -0.1) is 11.8 Å². The van der Waals surface area contributed by atoms with Gasteiger partial charge in [0, 0.05) is 26.1 Å². The Bertz CT molecular complexity index is 1400. The molecule has 1 N–H and O–H groups in total. The number of fused-ring (bicyclic) bond motifs is 9. The zero-order chi connectivity index (χ0) is 23.3. The van der Waals surface area contributed by atoms with Crippen LogP contribution in [0.4, 0.5) is 5.69 Å². The molecule has 2 bridgehead atoms. The van der Waals surface area contributed by atoms with E-state index in [1.54, 1.807) is 36.0 Å². The number of hydrogen-bond donors (Lipinski definition) is 1. The highest BCUT2D eigenvalue weighted by Crippen LogP contribution is 2.68. The highest BCUT2D eigenvalue weighted by Gasteiger charge is 2.69. The van der Waals surface area contributed by atoms with Crippen LogP contribution >= 0.6 is 46.3 Å². The van der Waals surface area contributed by atoms with Gasteiger partial charge in [0.05, 0.1) is 22.5 Å². The Kier molecular flexibility index (Phi) is 4.67. The van der Waals surface area contributed by atoms with Crippen molar-refractivity contribution in [3.63, 3.8) is 0 Å². The summed E-state index contributed by atoms with van der Waals surface area (Å²) in [5, 5.41) is 2.31. The summed E-state index contributed by atoms with van der Waals surface area (Å²) in [5.41, 5.74) is 1.69. The van der Waals surface area contributed by atoms with Crippen LogP contribution in [-0.2, 0) is 9.59 Å². The van der Waals surface area contributed by atoms with E-state index in [-0.39, 0.29) is 57.4 Å². The van der Waals surface area contributed by atoms with Gasteiger partial charge in [-0.25, -0.2) is 0 Å². The van der Waals surface area contributed by atoms with E-state index in [1.807, 2.05) is 24.3 Å². The molecule has 2 saturated carbocycles. The van der Waals surface area contributed by atoms with Crippen molar-refractivity contribution < 1.29 is 9.59 Å². The fourth-order valence-electron chi connectivity index (χ4n) is 6.90. The van der Waals surface area contributed by atoms with Crippen LogP contribution in [0.5, 0.6) is 0 Å². The quantitative estimate of drug-likeness (QED) is 0.450. The summed E-state index contributed by atoms with van der Waals surface area (Å²) in [6, 6.07) is 14.7. The van der Waals surface area contributed by atoms with Gasteiger partial charge in [-0.2, -0.15) is 0 Å². The zero-order valence-electron chi connectivity index (χ0n) is 17.6. The molecular weight excluding hydrogens is 511 g/mol. The predicted octanol–water partition coefficient (Wildman–Crippen LogP) is 5.42. The van der Waals surface area contributed by atoms with Crippen molar-refractivity contribution >= 4 is 63.8 Å². The fourth-order valence-corrected chi connectivity index (χ4v) is 10.0. The standard InChI is InChI=1S/C25H18Cl2N2O3S2/c26-11-3-1-10(2-4-11)16-17-14-9-15(20(17)33-22-21(16)34-25(32)28-22)19-18(14)23(30)29(24(19)31)13-7-5-12(27)6-8-13/h1-8,14-20H,9H2,(H,28,32)/t14-,15-,16+,17-,18+,19-,20-/m1/s1. The SMILES string of the molecule is O=C1[C@@H]2[C@H]3C[C@@H]([C@@H]2C(=O)N1c1ccc(Cl)cc1)[C@@H]1[C@H](c2ccc(Cl)cc2)c2sc(=O)[nH]c2S[C@H]31. The minimum atomic E-state index is -0.318. The van der Waals surface area contributed by atoms with Crippen LogP contribution in [0.2, 0.25) is 10.0 Å². The van der Waals surface area contributed by atoms with E-state index in [1.165, 1.54) is 16.2 Å². The molecule has 1 saturated heterocycles. The average Bonchev–Trinajstić information content (AvgIpc) is 3.54. The molecule has 4 aliphatic rings. The lowest BCUT2D eigenvalue weighted by Crippen LogP contribution is -2.42. The summed E-state index contributed by atoms with van der Waals surface area (Å²) >= 11 is 15.2. The largest absolute Gasteiger partial charge is 0.307 e. The van der Waals surface area contributed by atoms with E-state index in [4.69, 9.17) is 23.2 Å². The number of carbonyl (C=O) groups excluding carboxylic acids is 2. The molecule has 7 rings (SSSR count). The highest BCUT2D eigenvalue weighted by atomic mass is 35.5. The summed E-state index contributed by atoms with van der Waals surface area (Å²) in [5.74, 6) is -0.448. The number of halogens is 2. The molecular formula is C25H18Cl2N2O3S2. The van der Waals surface area contributed by atoms with Crippen molar-refractivity contribution in [2.24, 2.45) is 29.6 Å². The molecule has 3 fully saturated rings. The number of thioether (sulfide) groups is 1. The number of benzene rings is 2. The Labute approximate surface area is 213 Å². The van der Waals surface area contributed by atoms with E-state index in [0.29, 0.717) is 15.7 Å². The maximum absolute atomic E-state index is 13.7. The maximum atomic E-state index is 13.7. The number of aromatic nitrogens is 1. The molecule has 7 atom stereocenters. The van der Waals surface area contributed by atoms with Gasteiger partial charge in [0.1, 0.15) is 0 Å². The Balaban J connectivity index is 1.32. The van der Waals surface area contributed by atoms with E-state index < -0.39 is 0 Å². The smallest absolute Gasteiger partial charge is 0.305 e. The van der Waals surface area contributed by atoms with Gasteiger partial charge in [-0.3, -0.25) is 19.3 Å². The van der Waals surface area contributed by atoms with Gasteiger partial charge in [-0.05, 0) is 66.1 Å². The lowest BCUT2D eigenvalue weighted by Gasteiger charge is -2.43. The minimum absolute atomic E-state index is 0.00546. The summed E-state index contributed by atoms with van der Waals surface area (Å²) in [6.07, 6.45) is 0.868. The Morgan fingerprint density at radius 2 is 1.47 bits per heavy atom. The van der Waals surface area contributed by atoms with E-state index in [0.717, 1.165) is 21.9 Å². The van der Waals surface area contributed by atoms with Crippen LogP contribution in [0.15, 0.2) is 58.4 Å². The van der Waals surface area contributed by atoms with Crippen LogP contribution in [0.25, 0.3) is 0 Å². The van der Waals surface area contributed by atoms with Crippen LogP contribution in [0, 0.1) is 29.6 Å². The first-order chi connectivity index (χ1) is 16.4. The summed E-state index contributed by atoms with van der Waals surface area (Å²) < 4.78 is 0. The van der Waals surface area contributed by atoms with E-state index in [9.17, 15) is 14.4 Å². The molecule has 3 heterocycles. The molecule has 2 amide bonds. The number of aromatic amines is 1. The maximum Gasteiger partial charge on any atom is 0.305 e. The monoisotopic (exact) mass is 528 g/mol. The second-order valence-electron chi connectivity index (χ2n) is 9.50. The number of carbonyl (C=O) groups is 2. The molecule has 2 aliphatic heterocycles. The summed E-state index contributed by atoms with van der Waals surface area (Å²) in [4.78, 5) is 44.9. The van der Waals surface area contributed by atoms with Gasteiger partial charge in [0.2, 0.25) is 11.8 Å². The Hall–Kier alpha value is -2.06. The topological polar surface area (TPSA) is 70.2 Å². The molecule has 5 nitrogen and oxygen atoms in total. The number of nitrogens with one attached hydrogen (secondary N) is 1. The first kappa shape index (κ1) is 21.2. The van der Waals surface area contributed by atoms with E-state index >= 15 is 0 Å². The number of hydrogen-bond acceptors (Lipinski definition) is 5. The van der Waals surface area contributed by atoms with Gasteiger partial charge in [-0.1, -0.05) is 46.7 Å². The second-order valence-corrected chi connectivity index (χ2v) is 12.6. The first-order valence-corrected chi connectivity index (χ1v) is 13.7. The Morgan fingerprint density at radius 1 is 0.853 bits per heavy atom. The molecule has 0 radical (unpaired) electrons. The van der Waals surface area contributed by atoms with E-state index in [2.05, 4.69) is 4.98 Å². The average molecular weight is 529 g/mol. The number of imide groups is 1. The number of rotatable bonds is 2. The normalized spacial score (nSPS) is 33.2. The van der Waals surface area contributed by atoms with Crippen molar-refractivity contribution in [1.29, 1.82) is 0 Å². The van der Waals surface area contributed by atoms with Crippen molar-refractivity contribution in [2.45, 2.75) is 22.6 Å². The molecule has 34 heavy (non-hydrogen) atoms. The zero-order valence-corrected chi connectivity index (χ0v) is 20.8. The molecule has 2 aromatic carbocycles. The Morgan fingerprint density at radius 3 is 2.15 bits per heavy atom. The van der Waals surface area contributed by atoms with Crippen molar-refractivity contribution in [1.82, 2.24) is 4.98 Å². The van der Waals surface area contributed by atoms with Gasteiger partial charge in [0.25, 0.3) is 0 Å².